The lowest BCUT2D eigenvalue weighted by Gasteiger charge is -2.12. The number of benzene rings is 2. The molecule has 2 aromatic carbocycles. The minimum atomic E-state index is -0.307. The van der Waals surface area contributed by atoms with Crippen molar-refractivity contribution in [2.45, 2.75) is 13.8 Å². The van der Waals surface area contributed by atoms with Gasteiger partial charge in [0, 0.05) is 28.2 Å². The number of hydrogen-bond acceptors (Lipinski definition) is 4. The van der Waals surface area contributed by atoms with E-state index in [1.54, 1.807) is 18.2 Å². The van der Waals surface area contributed by atoms with Crippen LogP contribution < -0.4 is 10.6 Å². The molecule has 0 bridgehead atoms. The molecule has 0 spiro atoms. The topological polar surface area (TPSA) is 49.8 Å². The highest BCUT2D eigenvalue weighted by atomic mass is 35.5. The minimum Gasteiger partial charge on any atom is -0.340 e. The molecule has 1 aromatic heterocycles. The highest BCUT2D eigenvalue weighted by molar-refractivity contribution is 6.31. The summed E-state index contributed by atoms with van der Waals surface area (Å²) in [5, 5.41) is 6.92. The number of rotatable bonds is 4. The number of halogens is 2. The molecule has 0 saturated carbocycles. The van der Waals surface area contributed by atoms with Gasteiger partial charge in [-0.1, -0.05) is 23.7 Å². The Morgan fingerprint density at radius 3 is 2.54 bits per heavy atom. The van der Waals surface area contributed by atoms with E-state index in [0.29, 0.717) is 22.5 Å². The summed E-state index contributed by atoms with van der Waals surface area (Å²) in [4.78, 5) is 8.81. The molecular formula is C18H16ClFN4. The molecule has 0 radical (unpaired) electrons. The van der Waals surface area contributed by atoms with Crippen LogP contribution in [0.15, 0.2) is 48.5 Å². The second-order valence-corrected chi connectivity index (χ2v) is 5.80. The number of aryl methyl sites for hydroxylation is 1. The van der Waals surface area contributed by atoms with Gasteiger partial charge in [-0.2, -0.15) is 4.98 Å². The summed E-state index contributed by atoms with van der Waals surface area (Å²) in [6.45, 7) is 3.79. The van der Waals surface area contributed by atoms with Crippen molar-refractivity contribution in [2.75, 3.05) is 10.6 Å². The van der Waals surface area contributed by atoms with E-state index in [9.17, 15) is 4.39 Å². The lowest BCUT2D eigenvalue weighted by atomic mass is 10.2. The van der Waals surface area contributed by atoms with Gasteiger partial charge >= 0.3 is 0 Å². The molecule has 0 aliphatic rings. The van der Waals surface area contributed by atoms with Gasteiger partial charge in [0.25, 0.3) is 0 Å². The Hall–Kier alpha value is -2.66. The molecule has 24 heavy (non-hydrogen) atoms. The first kappa shape index (κ1) is 16.2. The van der Waals surface area contributed by atoms with Crippen LogP contribution >= 0.6 is 11.6 Å². The maximum absolute atomic E-state index is 13.3. The smallest absolute Gasteiger partial charge is 0.229 e. The number of nitrogens with one attached hydrogen (secondary N) is 2. The Morgan fingerprint density at radius 2 is 1.75 bits per heavy atom. The van der Waals surface area contributed by atoms with Crippen LogP contribution in [0.1, 0.15) is 11.3 Å². The normalized spacial score (nSPS) is 10.5. The first-order valence-corrected chi connectivity index (χ1v) is 7.79. The largest absolute Gasteiger partial charge is 0.340 e. The van der Waals surface area contributed by atoms with Gasteiger partial charge in [0.1, 0.15) is 11.6 Å². The van der Waals surface area contributed by atoms with Crippen LogP contribution in [0.5, 0.6) is 0 Å². The van der Waals surface area contributed by atoms with Crippen LogP contribution in [-0.4, -0.2) is 9.97 Å². The van der Waals surface area contributed by atoms with Crippen LogP contribution in [0, 0.1) is 19.7 Å². The third kappa shape index (κ3) is 3.81. The quantitative estimate of drug-likeness (QED) is 0.669. The van der Waals surface area contributed by atoms with Gasteiger partial charge in [-0.25, -0.2) is 9.37 Å². The van der Waals surface area contributed by atoms with Crippen molar-refractivity contribution in [2.24, 2.45) is 0 Å². The van der Waals surface area contributed by atoms with E-state index in [-0.39, 0.29) is 5.82 Å². The molecule has 6 heteroatoms. The summed E-state index contributed by atoms with van der Waals surface area (Å²) in [7, 11) is 0. The highest BCUT2D eigenvalue weighted by Crippen LogP contribution is 2.26. The Labute approximate surface area is 144 Å². The van der Waals surface area contributed by atoms with Gasteiger partial charge in [-0.05, 0) is 49.7 Å². The number of nitrogens with zero attached hydrogens (tertiary/aromatic N) is 2. The van der Waals surface area contributed by atoms with Gasteiger partial charge < -0.3 is 10.6 Å². The molecular weight excluding hydrogens is 327 g/mol. The molecule has 0 fully saturated rings. The third-order valence-electron chi connectivity index (χ3n) is 3.47. The van der Waals surface area contributed by atoms with E-state index >= 15 is 0 Å². The zero-order valence-electron chi connectivity index (χ0n) is 13.3. The Bertz CT molecular complexity index is 883. The Balaban J connectivity index is 1.87. The molecule has 0 amide bonds. The molecule has 3 aromatic rings. The summed E-state index contributed by atoms with van der Waals surface area (Å²) in [5.74, 6) is 0.716. The molecule has 0 unspecified atom stereocenters. The van der Waals surface area contributed by atoms with Crippen molar-refractivity contribution in [3.8, 4) is 0 Å². The molecule has 2 N–H and O–H groups in total. The second-order valence-electron chi connectivity index (χ2n) is 5.39. The molecule has 0 aliphatic carbocycles. The van der Waals surface area contributed by atoms with E-state index in [1.807, 2.05) is 32.0 Å². The van der Waals surface area contributed by atoms with E-state index in [4.69, 9.17) is 11.6 Å². The van der Waals surface area contributed by atoms with Crippen molar-refractivity contribution in [3.05, 3.63) is 70.6 Å². The second kappa shape index (κ2) is 6.84. The van der Waals surface area contributed by atoms with Crippen molar-refractivity contribution in [1.29, 1.82) is 0 Å². The van der Waals surface area contributed by atoms with E-state index in [2.05, 4.69) is 20.6 Å². The summed E-state index contributed by atoms with van der Waals surface area (Å²) in [6, 6.07) is 13.6. The van der Waals surface area contributed by atoms with Crippen LogP contribution in [0.4, 0.5) is 27.5 Å². The average Bonchev–Trinajstić information content (AvgIpc) is 2.51. The van der Waals surface area contributed by atoms with E-state index < -0.39 is 0 Å². The van der Waals surface area contributed by atoms with Crippen molar-refractivity contribution < 1.29 is 4.39 Å². The standard InChI is InChI=1S/C18H16ClFN4/c1-11-9-17(22-14-6-3-5-13(20)10-14)24-18(21-11)23-16-8-4-7-15(19)12(16)2/h3-10H,1-2H3,(H2,21,22,23,24). The molecule has 4 nitrogen and oxygen atoms in total. The molecule has 3 rings (SSSR count). The van der Waals surface area contributed by atoms with Crippen molar-refractivity contribution >= 4 is 34.7 Å². The molecule has 1 heterocycles. The SMILES string of the molecule is Cc1cc(Nc2cccc(F)c2)nc(Nc2cccc(Cl)c2C)n1. The van der Waals surface area contributed by atoms with Gasteiger partial charge in [0.15, 0.2) is 0 Å². The van der Waals surface area contributed by atoms with E-state index in [1.165, 1.54) is 12.1 Å². The highest BCUT2D eigenvalue weighted by Gasteiger charge is 2.07. The predicted molar refractivity (Wildman–Crippen MR) is 95.9 cm³/mol. The van der Waals surface area contributed by atoms with E-state index in [0.717, 1.165) is 16.9 Å². The monoisotopic (exact) mass is 342 g/mol. The summed E-state index contributed by atoms with van der Waals surface area (Å²) < 4.78 is 13.3. The number of hydrogen-bond donors (Lipinski definition) is 2. The molecule has 122 valence electrons. The predicted octanol–water partition coefficient (Wildman–Crippen LogP) is 5.37. The van der Waals surface area contributed by atoms with Crippen LogP contribution in [-0.2, 0) is 0 Å². The first-order chi connectivity index (χ1) is 11.5. The van der Waals surface area contributed by atoms with Crippen LogP contribution in [0.2, 0.25) is 5.02 Å². The van der Waals surface area contributed by atoms with Crippen LogP contribution in [0.25, 0.3) is 0 Å². The maximum Gasteiger partial charge on any atom is 0.229 e. The summed E-state index contributed by atoms with van der Waals surface area (Å²) in [6.07, 6.45) is 0. The number of anilines is 4. The fourth-order valence-electron chi connectivity index (χ4n) is 2.27. The third-order valence-corrected chi connectivity index (χ3v) is 3.87. The van der Waals surface area contributed by atoms with Gasteiger partial charge in [-0.3, -0.25) is 0 Å². The molecule has 0 atom stereocenters. The lowest BCUT2D eigenvalue weighted by molar-refractivity contribution is 0.628. The average molecular weight is 343 g/mol. The minimum absolute atomic E-state index is 0.307. The molecule has 0 aliphatic heterocycles. The Kier molecular flexibility index (Phi) is 4.62. The summed E-state index contributed by atoms with van der Waals surface area (Å²) >= 11 is 6.14. The maximum atomic E-state index is 13.3. The zero-order valence-corrected chi connectivity index (χ0v) is 14.0. The van der Waals surface area contributed by atoms with Gasteiger partial charge in [0.2, 0.25) is 5.95 Å². The van der Waals surface area contributed by atoms with Crippen LogP contribution in [0.3, 0.4) is 0 Å². The fraction of sp³-hybridized carbons (Fsp3) is 0.111. The molecule has 0 saturated heterocycles. The Morgan fingerprint density at radius 1 is 0.958 bits per heavy atom. The van der Waals surface area contributed by atoms with Gasteiger partial charge in [0.05, 0.1) is 0 Å². The number of aromatic nitrogens is 2. The van der Waals surface area contributed by atoms with Crippen molar-refractivity contribution in [1.82, 2.24) is 9.97 Å². The lowest BCUT2D eigenvalue weighted by Crippen LogP contribution is -2.03. The van der Waals surface area contributed by atoms with Crippen molar-refractivity contribution in [3.63, 3.8) is 0 Å². The van der Waals surface area contributed by atoms with Gasteiger partial charge in [-0.15, -0.1) is 0 Å². The first-order valence-electron chi connectivity index (χ1n) is 7.42. The fourth-order valence-corrected chi connectivity index (χ4v) is 2.44. The summed E-state index contributed by atoms with van der Waals surface area (Å²) in [5.41, 5.74) is 3.16. The zero-order chi connectivity index (χ0) is 17.1.